The molecule has 0 saturated heterocycles. The number of ether oxygens (including phenoxy) is 1. The Balaban J connectivity index is 1.63. The Labute approximate surface area is 143 Å². The van der Waals surface area contributed by atoms with E-state index >= 15 is 0 Å². The van der Waals surface area contributed by atoms with Crippen LogP contribution in [0.5, 0.6) is 5.75 Å². The predicted octanol–water partition coefficient (Wildman–Crippen LogP) is 2.91. The number of carbonyl (C=O) groups excluding carboxylic acids is 1. The molecular weight excluding hydrogens is 328 g/mol. The highest BCUT2D eigenvalue weighted by atomic mass is 32.2. The lowest BCUT2D eigenvalue weighted by atomic mass is 10.3. The van der Waals surface area contributed by atoms with Gasteiger partial charge < -0.3 is 14.6 Å². The molecule has 3 rings (SSSR count). The van der Waals surface area contributed by atoms with Gasteiger partial charge in [0.05, 0.1) is 12.9 Å². The topological polar surface area (TPSA) is 82.2 Å². The maximum atomic E-state index is 12.0. The molecule has 3 aromatic rings. The molecule has 0 aliphatic heterocycles. The lowest BCUT2D eigenvalue weighted by molar-refractivity contribution is -0.113. The number of aromatic nitrogens is 3. The van der Waals surface area contributed by atoms with Gasteiger partial charge in [0.2, 0.25) is 5.91 Å². The zero-order valence-corrected chi connectivity index (χ0v) is 14.0. The van der Waals surface area contributed by atoms with E-state index in [9.17, 15) is 4.79 Å². The van der Waals surface area contributed by atoms with Gasteiger partial charge in [-0.1, -0.05) is 16.9 Å². The average Bonchev–Trinajstić information content (AvgIpc) is 3.22. The van der Waals surface area contributed by atoms with Gasteiger partial charge in [-0.25, -0.2) is 4.98 Å². The van der Waals surface area contributed by atoms with Crippen LogP contribution in [-0.2, 0) is 4.79 Å². The Morgan fingerprint density at radius 1 is 1.38 bits per heavy atom. The number of hydrogen-bond acceptors (Lipinski definition) is 6. The van der Waals surface area contributed by atoms with Crippen molar-refractivity contribution in [2.45, 2.75) is 12.1 Å². The van der Waals surface area contributed by atoms with Crippen LogP contribution in [0.2, 0.25) is 0 Å². The zero-order chi connectivity index (χ0) is 16.9. The molecule has 0 saturated carbocycles. The Kier molecular flexibility index (Phi) is 4.85. The highest BCUT2D eigenvalue weighted by Crippen LogP contribution is 2.22. The zero-order valence-electron chi connectivity index (χ0n) is 13.2. The number of imidazole rings is 1. The molecule has 24 heavy (non-hydrogen) atoms. The summed E-state index contributed by atoms with van der Waals surface area (Å²) < 4.78 is 12.0. The second-order valence-corrected chi connectivity index (χ2v) is 5.88. The highest BCUT2D eigenvalue weighted by Gasteiger charge is 2.11. The number of nitrogens with zero attached hydrogens (tertiary/aromatic N) is 3. The van der Waals surface area contributed by atoms with Crippen molar-refractivity contribution in [3.8, 4) is 11.4 Å². The fourth-order valence-electron chi connectivity index (χ4n) is 2.07. The third kappa shape index (κ3) is 3.77. The number of rotatable bonds is 6. The van der Waals surface area contributed by atoms with Crippen LogP contribution >= 0.6 is 11.8 Å². The first-order chi connectivity index (χ1) is 11.7. The monoisotopic (exact) mass is 344 g/mol. The van der Waals surface area contributed by atoms with Gasteiger partial charge in [-0.2, -0.15) is 0 Å². The number of thioether (sulfide) groups is 1. The summed E-state index contributed by atoms with van der Waals surface area (Å²) in [7, 11) is 1.63. The Morgan fingerprint density at radius 3 is 2.83 bits per heavy atom. The minimum Gasteiger partial charge on any atom is -0.497 e. The van der Waals surface area contributed by atoms with Crippen LogP contribution < -0.4 is 10.1 Å². The molecular formula is C16H16N4O3S. The van der Waals surface area contributed by atoms with Gasteiger partial charge in [-0.3, -0.25) is 9.36 Å². The van der Waals surface area contributed by atoms with Crippen LogP contribution in [0.15, 0.2) is 52.4 Å². The molecule has 1 N–H and O–H groups in total. The molecule has 1 amide bonds. The second kappa shape index (κ2) is 7.22. The van der Waals surface area contributed by atoms with Crippen molar-refractivity contribution < 1.29 is 14.1 Å². The quantitative estimate of drug-likeness (QED) is 0.692. The number of benzene rings is 1. The highest BCUT2D eigenvalue weighted by molar-refractivity contribution is 7.99. The van der Waals surface area contributed by atoms with Gasteiger partial charge in [-0.05, 0) is 31.2 Å². The lowest BCUT2D eigenvalue weighted by Crippen LogP contribution is -2.14. The van der Waals surface area contributed by atoms with Crippen molar-refractivity contribution in [2.24, 2.45) is 0 Å². The van der Waals surface area contributed by atoms with Crippen molar-refractivity contribution >= 4 is 23.5 Å². The number of hydrogen-bond donors (Lipinski definition) is 1. The van der Waals surface area contributed by atoms with Crippen LogP contribution in [0.4, 0.5) is 5.82 Å². The summed E-state index contributed by atoms with van der Waals surface area (Å²) in [4.78, 5) is 16.3. The van der Waals surface area contributed by atoms with Crippen LogP contribution in [0.3, 0.4) is 0 Å². The normalized spacial score (nSPS) is 10.6. The lowest BCUT2D eigenvalue weighted by Gasteiger charge is -2.08. The van der Waals surface area contributed by atoms with E-state index < -0.39 is 0 Å². The number of aryl methyl sites for hydroxylation is 1. The predicted molar refractivity (Wildman–Crippen MR) is 90.7 cm³/mol. The molecule has 0 aliphatic carbocycles. The number of anilines is 1. The van der Waals surface area contributed by atoms with E-state index in [0.29, 0.717) is 11.6 Å². The molecule has 0 radical (unpaired) electrons. The van der Waals surface area contributed by atoms with Crippen LogP contribution in [0.25, 0.3) is 5.69 Å². The summed E-state index contributed by atoms with van der Waals surface area (Å²) in [6.07, 6.45) is 3.55. The van der Waals surface area contributed by atoms with E-state index in [4.69, 9.17) is 9.26 Å². The summed E-state index contributed by atoms with van der Waals surface area (Å²) >= 11 is 1.34. The van der Waals surface area contributed by atoms with E-state index in [0.717, 1.165) is 16.6 Å². The maximum absolute atomic E-state index is 12.0. The molecule has 7 nitrogen and oxygen atoms in total. The van der Waals surface area contributed by atoms with Crippen molar-refractivity contribution in [1.82, 2.24) is 14.7 Å². The third-order valence-corrected chi connectivity index (χ3v) is 4.15. The van der Waals surface area contributed by atoms with Crippen LogP contribution in [0.1, 0.15) is 5.76 Å². The van der Waals surface area contributed by atoms with Gasteiger partial charge in [0.25, 0.3) is 0 Å². The summed E-state index contributed by atoms with van der Waals surface area (Å²) in [6.45, 7) is 1.77. The molecule has 1 aromatic carbocycles. The maximum Gasteiger partial charge on any atom is 0.236 e. The van der Waals surface area contributed by atoms with Crippen LogP contribution in [-0.4, -0.2) is 33.5 Å². The first-order valence-electron chi connectivity index (χ1n) is 7.19. The minimum atomic E-state index is -0.169. The van der Waals surface area contributed by atoms with Crippen molar-refractivity contribution in [1.29, 1.82) is 0 Å². The van der Waals surface area contributed by atoms with E-state index in [1.54, 1.807) is 26.3 Å². The van der Waals surface area contributed by atoms with Gasteiger partial charge in [0, 0.05) is 24.1 Å². The molecule has 0 unspecified atom stereocenters. The third-order valence-electron chi connectivity index (χ3n) is 3.19. The summed E-state index contributed by atoms with van der Waals surface area (Å²) in [5.41, 5.74) is 0.948. The molecule has 124 valence electrons. The van der Waals surface area contributed by atoms with Crippen molar-refractivity contribution in [2.75, 3.05) is 18.2 Å². The summed E-state index contributed by atoms with van der Waals surface area (Å²) in [6, 6.07) is 9.29. The molecule has 0 bridgehead atoms. The molecule has 0 spiro atoms. The molecule has 8 heteroatoms. The fraction of sp³-hybridized carbons (Fsp3) is 0.188. The Morgan fingerprint density at radius 2 is 2.17 bits per heavy atom. The molecule has 2 aromatic heterocycles. The first-order valence-corrected chi connectivity index (χ1v) is 8.18. The van der Waals surface area contributed by atoms with E-state index in [-0.39, 0.29) is 11.7 Å². The SMILES string of the molecule is COc1ccc(-n2ccnc2SCC(=O)Nc2cc(C)on2)cc1. The Bertz CT molecular complexity index is 826. The number of methoxy groups -OCH3 is 1. The smallest absolute Gasteiger partial charge is 0.236 e. The number of amides is 1. The first kappa shape index (κ1) is 16.1. The van der Waals surface area contributed by atoms with Gasteiger partial charge >= 0.3 is 0 Å². The van der Waals surface area contributed by atoms with Gasteiger partial charge in [0.1, 0.15) is 11.5 Å². The number of carbonyl (C=O) groups is 1. The largest absolute Gasteiger partial charge is 0.497 e. The number of nitrogens with one attached hydrogen (secondary N) is 1. The molecule has 2 heterocycles. The molecule has 0 fully saturated rings. The van der Waals surface area contributed by atoms with Gasteiger partial charge in [0.15, 0.2) is 11.0 Å². The van der Waals surface area contributed by atoms with E-state index in [1.165, 1.54) is 11.8 Å². The standard InChI is InChI=1S/C16H16N4O3S/c1-11-9-14(19-23-11)18-15(21)10-24-16-17-7-8-20(16)12-3-5-13(22-2)6-4-12/h3-9H,10H2,1-2H3,(H,18,19,21). The van der Waals surface area contributed by atoms with Crippen molar-refractivity contribution in [3.05, 3.63) is 48.5 Å². The van der Waals surface area contributed by atoms with E-state index in [1.807, 2.05) is 35.0 Å². The molecule has 0 atom stereocenters. The minimum absolute atomic E-state index is 0.169. The Hall–Kier alpha value is -2.74. The summed E-state index contributed by atoms with van der Waals surface area (Å²) in [5, 5.41) is 7.14. The van der Waals surface area contributed by atoms with Crippen LogP contribution in [0, 0.1) is 6.92 Å². The van der Waals surface area contributed by atoms with Gasteiger partial charge in [-0.15, -0.1) is 0 Å². The second-order valence-electron chi connectivity index (χ2n) is 4.94. The fourth-order valence-corrected chi connectivity index (χ4v) is 2.84. The van der Waals surface area contributed by atoms with E-state index in [2.05, 4.69) is 15.5 Å². The van der Waals surface area contributed by atoms with Crippen molar-refractivity contribution in [3.63, 3.8) is 0 Å². The summed E-state index contributed by atoms with van der Waals surface area (Å²) in [5.74, 6) is 1.90. The average molecular weight is 344 g/mol. The molecule has 0 aliphatic rings.